The maximum Gasteiger partial charge on any atom is 0.145 e. The van der Waals surface area contributed by atoms with Gasteiger partial charge in [-0.25, -0.2) is 4.98 Å². The number of ether oxygens (including phenoxy) is 2. The topological polar surface area (TPSA) is 98.3 Å². The quantitative estimate of drug-likeness (QED) is 0.621. The van der Waals surface area contributed by atoms with Gasteiger partial charge in [-0.3, -0.25) is 14.8 Å². The molecule has 0 radical (unpaired) electrons. The van der Waals surface area contributed by atoms with Crippen LogP contribution < -0.4 is 10.6 Å². The second kappa shape index (κ2) is 10.7. The summed E-state index contributed by atoms with van der Waals surface area (Å²) in [7, 11) is 1.64. The van der Waals surface area contributed by atoms with Gasteiger partial charge in [-0.2, -0.15) is 0 Å². The molecule has 0 saturated carbocycles. The van der Waals surface area contributed by atoms with Gasteiger partial charge in [0.2, 0.25) is 0 Å². The third-order valence-electron chi connectivity index (χ3n) is 6.27. The number of nitrogens with one attached hydrogen (secondary N) is 2. The average Bonchev–Trinajstić information content (AvgIpc) is 3.30. The number of carbonyl (C=O) groups is 1. The van der Waals surface area contributed by atoms with Crippen LogP contribution in [0.4, 0.5) is 5.82 Å². The second-order valence-corrected chi connectivity index (χ2v) is 8.87. The molecule has 172 valence electrons. The first-order valence-electron chi connectivity index (χ1n) is 11.1. The van der Waals surface area contributed by atoms with Crippen LogP contribution in [0.2, 0.25) is 5.02 Å². The number of carbonyl (C=O) groups excluding carboxylic acids is 1. The number of hydrogen-bond acceptors (Lipinski definition) is 8. The average molecular weight is 460 g/mol. The van der Waals surface area contributed by atoms with Crippen molar-refractivity contribution < 1.29 is 14.3 Å². The van der Waals surface area contributed by atoms with Crippen molar-refractivity contribution in [2.24, 2.45) is 11.8 Å². The van der Waals surface area contributed by atoms with Crippen LogP contribution in [-0.4, -0.2) is 66.8 Å². The Hall–Kier alpha value is -2.13. The van der Waals surface area contributed by atoms with E-state index in [1.807, 2.05) is 13.0 Å². The highest BCUT2D eigenvalue weighted by atomic mass is 35.5. The van der Waals surface area contributed by atoms with Gasteiger partial charge < -0.3 is 20.1 Å². The Kier molecular flexibility index (Phi) is 7.67. The number of pyridine rings is 1. The Morgan fingerprint density at radius 3 is 2.88 bits per heavy atom. The summed E-state index contributed by atoms with van der Waals surface area (Å²) in [6.45, 7) is 5.68. The lowest BCUT2D eigenvalue weighted by molar-refractivity contribution is -0.124. The van der Waals surface area contributed by atoms with E-state index in [9.17, 15) is 4.79 Å². The summed E-state index contributed by atoms with van der Waals surface area (Å²) < 4.78 is 10.9. The van der Waals surface area contributed by atoms with Crippen molar-refractivity contribution in [3.05, 3.63) is 34.9 Å². The molecule has 2 fully saturated rings. The summed E-state index contributed by atoms with van der Waals surface area (Å²) in [4.78, 5) is 26.5. The van der Waals surface area contributed by atoms with Crippen LogP contribution in [0.5, 0.6) is 0 Å². The molecule has 8 nitrogen and oxygen atoms in total. The molecule has 0 spiro atoms. The van der Waals surface area contributed by atoms with Crippen LogP contribution in [0, 0.1) is 18.8 Å². The monoisotopic (exact) mass is 459 g/mol. The maximum absolute atomic E-state index is 12.8. The SMILES string of the molecule is CO[C@H]1CNC[C@@H]1C(=O)Cc1cc(-c2nc(NCC3CCOCC3)cnc2C)c(Cl)cn1. The molecule has 9 heteroatoms. The first-order valence-corrected chi connectivity index (χ1v) is 11.5. The summed E-state index contributed by atoms with van der Waals surface area (Å²) in [6.07, 6.45) is 5.56. The van der Waals surface area contributed by atoms with Crippen molar-refractivity contribution in [2.45, 2.75) is 32.3 Å². The van der Waals surface area contributed by atoms with E-state index in [-0.39, 0.29) is 24.2 Å². The molecule has 0 amide bonds. The molecule has 2 aliphatic rings. The fourth-order valence-corrected chi connectivity index (χ4v) is 4.48. The third kappa shape index (κ3) is 5.43. The van der Waals surface area contributed by atoms with E-state index in [1.165, 1.54) is 0 Å². The summed E-state index contributed by atoms with van der Waals surface area (Å²) in [5.74, 6) is 1.22. The predicted octanol–water partition coefficient (Wildman–Crippen LogP) is 2.68. The fraction of sp³-hybridized carbons (Fsp3) is 0.565. The lowest BCUT2D eigenvalue weighted by atomic mass is 9.96. The fourth-order valence-electron chi connectivity index (χ4n) is 4.28. The molecule has 32 heavy (non-hydrogen) atoms. The number of rotatable bonds is 8. The Labute approximate surface area is 193 Å². The molecular formula is C23H30ClN5O3. The van der Waals surface area contributed by atoms with Gasteiger partial charge in [0.1, 0.15) is 11.6 Å². The van der Waals surface area contributed by atoms with Crippen molar-refractivity contribution in [1.82, 2.24) is 20.3 Å². The van der Waals surface area contributed by atoms with Crippen LogP contribution in [0.3, 0.4) is 0 Å². The van der Waals surface area contributed by atoms with E-state index in [4.69, 9.17) is 26.1 Å². The lowest BCUT2D eigenvalue weighted by Gasteiger charge is -2.22. The predicted molar refractivity (Wildman–Crippen MR) is 123 cm³/mol. The molecular weight excluding hydrogens is 430 g/mol. The minimum atomic E-state index is -0.167. The van der Waals surface area contributed by atoms with E-state index in [0.29, 0.717) is 41.2 Å². The zero-order valence-corrected chi connectivity index (χ0v) is 19.3. The molecule has 4 heterocycles. The van der Waals surface area contributed by atoms with Crippen molar-refractivity contribution in [1.29, 1.82) is 0 Å². The van der Waals surface area contributed by atoms with Crippen LogP contribution in [-0.2, 0) is 20.7 Å². The summed E-state index contributed by atoms with van der Waals surface area (Å²) in [6, 6.07) is 1.85. The zero-order valence-electron chi connectivity index (χ0n) is 18.6. The first-order chi connectivity index (χ1) is 15.5. The van der Waals surface area contributed by atoms with E-state index >= 15 is 0 Å². The maximum atomic E-state index is 12.8. The number of aromatic nitrogens is 3. The zero-order chi connectivity index (χ0) is 22.5. The minimum Gasteiger partial charge on any atom is -0.381 e. The highest BCUT2D eigenvalue weighted by molar-refractivity contribution is 6.33. The molecule has 2 atom stereocenters. The van der Waals surface area contributed by atoms with Gasteiger partial charge in [0, 0.05) is 63.8 Å². The van der Waals surface area contributed by atoms with E-state index in [2.05, 4.69) is 20.6 Å². The minimum absolute atomic E-state index is 0.0964. The molecule has 0 aromatic carbocycles. The van der Waals surface area contributed by atoms with E-state index in [1.54, 1.807) is 19.5 Å². The Bertz CT molecular complexity index is 951. The number of Topliss-reactive ketones (excluding diaryl/α,β-unsaturated/α-hetero) is 1. The highest BCUT2D eigenvalue weighted by Crippen LogP contribution is 2.30. The van der Waals surface area contributed by atoms with Gasteiger partial charge in [-0.15, -0.1) is 0 Å². The largest absolute Gasteiger partial charge is 0.381 e. The van der Waals surface area contributed by atoms with Crippen molar-refractivity contribution in [3.8, 4) is 11.3 Å². The molecule has 0 aliphatic carbocycles. The molecule has 2 aromatic rings. The van der Waals surface area contributed by atoms with Crippen LogP contribution in [0.1, 0.15) is 24.2 Å². The Balaban J connectivity index is 1.50. The Morgan fingerprint density at radius 1 is 1.28 bits per heavy atom. The van der Waals surface area contributed by atoms with Crippen molar-refractivity contribution >= 4 is 23.2 Å². The summed E-state index contributed by atoms with van der Waals surface area (Å²) in [5, 5.41) is 7.10. The van der Waals surface area contributed by atoms with Crippen LogP contribution >= 0.6 is 11.6 Å². The molecule has 2 aromatic heterocycles. The van der Waals surface area contributed by atoms with Gasteiger partial charge in [-0.05, 0) is 31.7 Å². The summed E-state index contributed by atoms with van der Waals surface area (Å²) in [5.41, 5.74) is 2.86. The number of ketones is 1. The standard InChI is InChI=1S/C23H30ClN5O3/c1-14-23(29-22(13-26-14)28-9-15-3-5-32-6-4-15)17-7-16(27-11-19(17)24)8-20(30)18-10-25-12-21(18)31-2/h7,11,13,15,18,21,25H,3-6,8-10,12H2,1-2H3,(H,28,29)/t18-,21+/m1/s1. The van der Waals surface area contributed by atoms with E-state index < -0.39 is 0 Å². The van der Waals surface area contributed by atoms with Gasteiger partial charge in [0.15, 0.2) is 0 Å². The number of hydrogen-bond donors (Lipinski definition) is 2. The molecule has 2 aliphatic heterocycles. The normalized spacial score (nSPS) is 21.6. The molecule has 4 rings (SSSR count). The van der Waals surface area contributed by atoms with E-state index in [0.717, 1.165) is 43.9 Å². The van der Waals surface area contributed by atoms with Gasteiger partial charge in [0.05, 0.1) is 34.6 Å². The first kappa shape index (κ1) is 23.0. The van der Waals surface area contributed by atoms with Gasteiger partial charge >= 0.3 is 0 Å². The van der Waals surface area contributed by atoms with Crippen LogP contribution in [0.25, 0.3) is 11.3 Å². The third-order valence-corrected chi connectivity index (χ3v) is 6.57. The number of anilines is 1. The summed E-state index contributed by atoms with van der Waals surface area (Å²) >= 11 is 6.48. The Morgan fingerprint density at radius 2 is 2.09 bits per heavy atom. The number of methoxy groups -OCH3 is 1. The lowest BCUT2D eigenvalue weighted by Crippen LogP contribution is -2.29. The number of nitrogens with zero attached hydrogens (tertiary/aromatic N) is 3. The smallest absolute Gasteiger partial charge is 0.145 e. The van der Waals surface area contributed by atoms with Crippen molar-refractivity contribution in [2.75, 3.05) is 45.3 Å². The van der Waals surface area contributed by atoms with Crippen molar-refractivity contribution in [3.63, 3.8) is 0 Å². The van der Waals surface area contributed by atoms with Gasteiger partial charge in [0.25, 0.3) is 0 Å². The molecule has 0 bridgehead atoms. The van der Waals surface area contributed by atoms with Crippen LogP contribution in [0.15, 0.2) is 18.5 Å². The number of aryl methyl sites for hydroxylation is 1. The molecule has 0 unspecified atom stereocenters. The highest BCUT2D eigenvalue weighted by Gasteiger charge is 2.32. The molecule has 2 N–H and O–H groups in total. The van der Waals surface area contributed by atoms with Gasteiger partial charge in [-0.1, -0.05) is 11.6 Å². The second-order valence-electron chi connectivity index (χ2n) is 8.46. The molecule has 2 saturated heterocycles. The number of halogens is 1.